The van der Waals surface area contributed by atoms with Crippen molar-refractivity contribution in [1.29, 1.82) is 0 Å². The lowest BCUT2D eigenvalue weighted by Crippen LogP contribution is -2.36. The molecule has 0 spiro atoms. The molecule has 1 aliphatic rings. The Balaban J connectivity index is 1.35. The molecule has 2 N–H and O–H groups in total. The van der Waals surface area contributed by atoms with Gasteiger partial charge in [-0.05, 0) is 36.8 Å². The lowest BCUT2D eigenvalue weighted by molar-refractivity contribution is 0.122. The largest absolute Gasteiger partial charge is 0.378 e. The Bertz CT molecular complexity index is 1260. The van der Waals surface area contributed by atoms with Crippen molar-refractivity contribution in [2.45, 2.75) is 6.92 Å². The zero-order chi connectivity index (χ0) is 21.9. The van der Waals surface area contributed by atoms with Gasteiger partial charge in [-0.3, -0.25) is 0 Å². The summed E-state index contributed by atoms with van der Waals surface area (Å²) in [5.74, 6) is 0.649. The highest BCUT2D eigenvalue weighted by Crippen LogP contribution is 2.27. The Morgan fingerprint density at radius 3 is 2.78 bits per heavy atom. The molecule has 0 atom stereocenters. The lowest BCUT2D eigenvalue weighted by Gasteiger charge is -2.29. The molecule has 32 heavy (non-hydrogen) atoms. The average Bonchev–Trinajstić information content (AvgIpc) is 2.81. The number of hydrogen-bond donors (Lipinski definition) is 2. The average molecular weight is 431 g/mol. The summed E-state index contributed by atoms with van der Waals surface area (Å²) in [5.41, 5.74) is 3.82. The minimum Gasteiger partial charge on any atom is -0.378 e. The molecule has 0 bridgehead atoms. The maximum atomic E-state index is 14.7. The van der Waals surface area contributed by atoms with Crippen LogP contribution in [0.5, 0.6) is 0 Å². The van der Waals surface area contributed by atoms with Crippen LogP contribution in [-0.4, -0.2) is 46.5 Å². The van der Waals surface area contributed by atoms with Gasteiger partial charge in [0.1, 0.15) is 11.6 Å². The minimum atomic E-state index is -0.295. The van der Waals surface area contributed by atoms with E-state index >= 15 is 0 Å². The van der Waals surface area contributed by atoms with Crippen molar-refractivity contribution in [1.82, 2.24) is 20.2 Å². The van der Waals surface area contributed by atoms with E-state index in [1.54, 1.807) is 24.5 Å². The van der Waals surface area contributed by atoms with Crippen molar-refractivity contribution in [3.05, 3.63) is 66.2 Å². The van der Waals surface area contributed by atoms with Gasteiger partial charge in [-0.1, -0.05) is 18.2 Å². The molecule has 162 valence electrons. The van der Waals surface area contributed by atoms with Crippen LogP contribution in [-0.2, 0) is 4.74 Å². The number of hydrogen-bond acceptors (Lipinski definition) is 8. The molecule has 1 fully saturated rings. The molecule has 5 rings (SSSR count). The topological polar surface area (TPSA) is 88.1 Å². The first-order valence-electron chi connectivity index (χ1n) is 10.4. The second kappa shape index (κ2) is 8.72. The molecule has 1 aliphatic heterocycles. The van der Waals surface area contributed by atoms with Crippen LogP contribution in [0.2, 0.25) is 0 Å². The fourth-order valence-electron chi connectivity index (χ4n) is 3.72. The van der Waals surface area contributed by atoms with E-state index in [0.29, 0.717) is 49.4 Å². The predicted octanol–water partition coefficient (Wildman–Crippen LogP) is 4.19. The van der Waals surface area contributed by atoms with Crippen molar-refractivity contribution in [3.63, 3.8) is 0 Å². The number of nitrogens with one attached hydrogen (secondary N) is 2. The van der Waals surface area contributed by atoms with Crippen LogP contribution in [0.25, 0.3) is 10.9 Å². The van der Waals surface area contributed by atoms with E-state index in [4.69, 9.17) is 4.74 Å². The van der Waals surface area contributed by atoms with Gasteiger partial charge in [0.2, 0.25) is 5.95 Å². The van der Waals surface area contributed by atoms with E-state index < -0.39 is 0 Å². The van der Waals surface area contributed by atoms with Crippen LogP contribution in [0.1, 0.15) is 5.56 Å². The molecule has 2 aromatic carbocycles. The first kappa shape index (κ1) is 20.1. The van der Waals surface area contributed by atoms with Crippen LogP contribution in [0.15, 0.2) is 54.9 Å². The number of halogens is 1. The van der Waals surface area contributed by atoms with Gasteiger partial charge in [0.05, 0.1) is 36.3 Å². The number of rotatable bonds is 5. The normalized spacial score (nSPS) is 13.9. The van der Waals surface area contributed by atoms with Gasteiger partial charge in [-0.15, -0.1) is 0 Å². The van der Waals surface area contributed by atoms with Crippen LogP contribution in [0.3, 0.4) is 0 Å². The highest BCUT2D eigenvalue weighted by Gasteiger charge is 2.15. The summed E-state index contributed by atoms with van der Waals surface area (Å²) >= 11 is 0. The van der Waals surface area contributed by atoms with Crippen LogP contribution in [0.4, 0.5) is 33.2 Å². The number of benzene rings is 2. The molecule has 2 aromatic heterocycles. The molecule has 3 heterocycles. The molecule has 0 aliphatic carbocycles. The number of aryl methyl sites for hydroxylation is 1. The Kier molecular flexibility index (Phi) is 5.47. The molecule has 4 aromatic rings. The Morgan fingerprint density at radius 2 is 1.94 bits per heavy atom. The zero-order valence-corrected chi connectivity index (χ0v) is 17.5. The number of fused-ring (bicyclic) bond motifs is 1. The van der Waals surface area contributed by atoms with Crippen molar-refractivity contribution >= 4 is 39.7 Å². The summed E-state index contributed by atoms with van der Waals surface area (Å²) in [6.45, 7) is 4.57. The monoisotopic (exact) mass is 431 g/mol. The lowest BCUT2D eigenvalue weighted by atomic mass is 10.1. The SMILES string of the molecule is Cc1cccc2c(Nc3ccnc(Nc4ccc(N5CCOCC5)c(F)c4)n3)cnnc12. The van der Waals surface area contributed by atoms with Gasteiger partial charge < -0.3 is 20.3 Å². The van der Waals surface area contributed by atoms with Crippen LogP contribution in [0, 0.1) is 12.7 Å². The molecule has 0 amide bonds. The smallest absolute Gasteiger partial charge is 0.229 e. The molecular formula is C23H22FN7O. The number of morpholine rings is 1. The third-order valence-electron chi connectivity index (χ3n) is 5.35. The summed E-state index contributed by atoms with van der Waals surface area (Å²) < 4.78 is 20.0. The first-order chi connectivity index (χ1) is 15.7. The van der Waals surface area contributed by atoms with Gasteiger partial charge in [-0.25, -0.2) is 9.37 Å². The van der Waals surface area contributed by atoms with E-state index in [1.165, 1.54) is 6.07 Å². The van der Waals surface area contributed by atoms with E-state index in [-0.39, 0.29) is 5.82 Å². The van der Waals surface area contributed by atoms with Gasteiger partial charge in [0, 0.05) is 30.4 Å². The Labute approximate surface area is 184 Å². The Hall–Kier alpha value is -3.85. The maximum Gasteiger partial charge on any atom is 0.229 e. The predicted molar refractivity (Wildman–Crippen MR) is 122 cm³/mol. The first-order valence-corrected chi connectivity index (χ1v) is 10.4. The zero-order valence-electron chi connectivity index (χ0n) is 17.5. The summed E-state index contributed by atoms with van der Waals surface area (Å²) in [6, 6.07) is 12.8. The number of ether oxygens (including phenoxy) is 1. The quantitative estimate of drug-likeness (QED) is 0.486. The summed E-state index contributed by atoms with van der Waals surface area (Å²) in [4.78, 5) is 10.7. The minimum absolute atomic E-state index is 0.295. The molecule has 0 unspecified atom stereocenters. The molecule has 0 radical (unpaired) electrons. The second-order valence-electron chi connectivity index (χ2n) is 7.51. The second-order valence-corrected chi connectivity index (χ2v) is 7.51. The van der Waals surface area contributed by atoms with Crippen LogP contribution < -0.4 is 15.5 Å². The van der Waals surface area contributed by atoms with E-state index in [2.05, 4.69) is 30.8 Å². The molecular weight excluding hydrogens is 409 g/mol. The summed E-state index contributed by atoms with van der Waals surface area (Å²) in [5, 5.41) is 15.6. The van der Waals surface area contributed by atoms with Gasteiger partial charge in [0.15, 0.2) is 0 Å². The summed E-state index contributed by atoms with van der Waals surface area (Å²) in [6.07, 6.45) is 3.30. The molecule has 9 heteroatoms. The standard InChI is InChI=1S/C23H22FN7O/c1-15-3-2-4-17-19(14-26-30-22(15)17)28-21-7-8-25-23(29-21)27-16-5-6-20(18(24)13-16)31-9-11-32-12-10-31/h2-8,13-14H,9-12H2,1H3,(H2,25,27,28,29,30). The molecule has 8 nitrogen and oxygen atoms in total. The van der Waals surface area contributed by atoms with Gasteiger partial charge in [-0.2, -0.15) is 15.2 Å². The van der Waals surface area contributed by atoms with E-state index in [9.17, 15) is 4.39 Å². The summed E-state index contributed by atoms with van der Waals surface area (Å²) in [7, 11) is 0. The van der Waals surface area contributed by atoms with Gasteiger partial charge >= 0.3 is 0 Å². The maximum absolute atomic E-state index is 14.7. The fraction of sp³-hybridized carbons (Fsp3) is 0.217. The van der Waals surface area contributed by atoms with E-state index in [1.807, 2.05) is 36.1 Å². The highest BCUT2D eigenvalue weighted by atomic mass is 19.1. The fourth-order valence-corrected chi connectivity index (χ4v) is 3.72. The van der Waals surface area contributed by atoms with E-state index in [0.717, 1.165) is 22.2 Å². The molecule has 1 saturated heterocycles. The van der Waals surface area contributed by atoms with Gasteiger partial charge in [0.25, 0.3) is 0 Å². The highest BCUT2D eigenvalue weighted by molar-refractivity contribution is 5.93. The third-order valence-corrected chi connectivity index (χ3v) is 5.35. The van der Waals surface area contributed by atoms with Crippen molar-refractivity contribution in [2.75, 3.05) is 41.8 Å². The van der Waals surface area contributed by atoms with Crippen LogP contribution >= 0.6 is 0 Å². The Morgan fingerprint density at radius 1 is 1.06 bits per heavy atom. The number of anilines is 5. The van der Waals surface area contributed by atoms with Crippen molar-refractivity contribution in [2.24, 2.45) is 0 Å². The van der Waals surface area contributed by atoms with Crippen molar-refractivity contribution in [3.8, 4) is 0 Å². The number of nitrogens with zero attached hydrogens (tertiary/aromatic N) is 5. The molecule has 0 saturated carbocycles. The van der Waals surface area contributed by atoms with Crippen molar-refractivity contribution < 1.29 is 9.13 Å². The number of aromatic nitrogens is 4. The third kappa shape index (κ3) is 4.15.